The number of hydrogen-bond donors (Lipinski definition) is 1. The van der Waals surface area contributed by atoms with Gasteiger partial charge in [0.15, 0.2) is 0 Å². The van der Waals surface area contributed by atoms with Crippen molar-refractivity contribution in [3.05, 3.63) is 72.5 Å². The number of aryl methyl sites for hydroxylation is 1. The first-order chi connectivity index (χ1) is 12.4. The lowest BCUT2D eigenvalue weighted by Gasteiger charge is -2.06. The highest BCUT2D eigenvalue weighted by molar-refractivity contribution is 9.10. The molecule has 26 heavy (non-hydrogen) atoms. The van der Waals surface area contributed by atoms with E-state index in [0.717, 1.165) is 4.47 Å². The summed E-state index contributed by atoms with van der Waals surface area (Å²) in [5.74, 6) is 0.486. The molecule has 0 saturated heterocycles. The summed E-state index contributed by atoms with van der Waals surface area (Å²) in [6.07, 6.45) is 1.51. The first-order valence-electron chi connectivity index (χ1n) is 7.55. The van der Waals surface area contributed by atoms with Gasteiger partial charge in [-0.05, 0) is 37.3 Å². The van der Waals surface area contributed by atoms with Crippen molar-refractivity contribution in [2.24, 2.45) is 4.99 Å². The Morgan fingerprint density at radius 3 is 2.65 bits per heavy atom. The van der Waals surface area contributed by atoms with Crippen molar-refractivity contribution < 1.29 is 4.74 Å². The number of methoxy groups -OCH3 is 1. The van der Waals surface area contributed by atoms with Gasteiger partial charge in [-0.15, -0.1) is 0 Å². The van der Waals surface area contributed by atoms with Crippen LogP contribution in [-0.2, 0) is 0 Å². The summed E-state index contributed by atoms with van der Waals surface area (Å²) in [5.41, 5.74) is 2.08. The molecular formula is C18H14BrCl2N3O2. The highest BCUT2D eigenvalue weighted by atomic mass is 79.9. The molecule has 1 heterocycles. The van der Waals surface area contributed by atoms with Crippen molar-refractivity contribution in [3.63, 3.8) is 0 Å². The van der Waals surface area contributed by atoms with E-state index in [1.54, 1.807) is 37.3 Å². The second-order valence-corrected chi connectivity index (χ2v) is 7.19. The molecule has 0 bridgehead atoms. The van der Waals surface area contributed by atoms with Crippen LogP contribution in [0.2, 0.25) is 10.0 Å². The van der Waals surface area contributed by atoms with Crippen molar-refractivity contribution in [2.45, 2.75) is 6.92 Å². The van der Waals surface area contributed by atoms with Crippen LogP contribution in [-0.4, -0.2) is 23.1 Å². The van der Waals surface area contributed by atoms with Crippen LogP contribution >= 0.6 is 39.1 Å². The van der Waals surface area contributed by atoms with Gasteiger partial charge in [0.2, 0.25) is 0 Å². The molecule has 3 aromatic rings. The Kier molecular flexibility index (Phi) is 5.55. The van der Waals surface area contributed by atoms with Crippen LogP contribution < -0.4 is 10.3 Å². The third-order valence-electron chi connectivity index (χ3n) is 3.75. The van der Waals surface area contributed by atoms with Crippen LogP contribution in [0.3, 0.4) is 0 Å². The molecule has 1 aromatic heterocycles. The fourth-order valence-electron chi connectivity index (χ4n) is 2.40. The number of ether oxygens (including phenoxy) is 1. The second-order valence-electron chi connectivity index (χ2n) is 5.46. The van der Waals surface area contributed by atoms with Crippen molar-refractivity contribution in [1.82, 2.24) is 9.78 Å². The number of H-pyrrole nitrogens is 1. The average molecular weight is 455 g/mol. The molecule has 0 atom stereocenters. The fraction of sp³-hybridized carbons (Fsp3) is 0.111. The average Bonchev–Trinajstić information content (AvgIpc) is 2.89. The molecule has 0 radical (unpaired) electrons. The third kappa shape index (κ3) is 3.72. The van der Waals surface area contributed by atoms with Gasteiger partial charge in [-0.2, -0.15) is 0 Å². The summed E-state index contributed by atoms with van der Waals surface area (Å²) in [7, 11) is 1.52. The van der Waals surface area contributed by atoms with Crippen LogP contribution in [0.1, 0.15) is 11.3 Å². The maximum Gasteiger partial charge on any atom is 0.280 e. The predicted molar refractivity (Wildman–Crippen MR) is 109 cm³/mol. The first kappa shape index (κ1) is 18.8. The van der Waals surface area contributed by atoms with Crippen LogP contribution in [0.25, 0.3) is 5.69 Å². The van der Waals surface area contributed by atoms with Gasteiger partial charge in [0, 0.05) is 22.4 Å². The second kappa shape index (κ2) is 7.70. The molecule has 5 nitrogen and oxygen atoms in total. The maximum atomic E-state index is 12.8. The van der Waals surface area contributed by atoms with E-state index < -0.39 is 0 Å². The predicted octanol–water partition coefficient (Wildman–Crippen LogP) is 5.30. The minimum absolute atomic E-state index is 0.233. The van der Waals surface area contributed by atoms with E-state index in [4.69, 9.17) is 27.9 Å². The number of benzene rings is 2. The summed E-state index contributed by atoms with van der Waals surface area (Å²) in [6.45, 7) is 1.80. The zero-order valence-electron chi connectivity index (χ0n) is 13.9. The lowest BCUT2D eigenvalue weighted by Crippen LogP contribution is -2.17. The topological polar surface area (TPSA) is 59.4 Å². The zero-order chi connectivity index (χ0) is 18.8. The summed E-state index contributed by atoms with van der Waals surface area (Å²) >= 11 is 15.6. The van der Waals surface area contributed by atoms with E-state index in [1.807, 2.05) is 6.07 Å². The minimum atomic E-state index is -0.233. The molecule has 0 aliphatic carbocycles. The molecule has 1 N–H and O–H groups in total. The monoisotopic (exact) mass is 453 g/mol. The Hall–Kier alpha value is -2.02. The molecule has 134 valence electrons. The number of aromatic amines is 1. The molecule has 0 amide bonds. The quantitative estimate of drug-likeness (QED) is 0.543. The molecule has 2 aromatic carbocycles. The van der Waals surface area contributed by atoms with E-state index in [-0.39, 0.29) is 5.56 Å². The lowest BCUT2D eigenvalue weighted by atomic mass is 10.2. The SMILES string of the molecule is COc1cc(-n2[nH]c(C)c(C=Nc3ccc(Br)cc3Cl)c2=O)ccc1Cl. The van der Waals surface area contributed by atoms with Crippen LogP contribution in [0, 0.1) is 6.92 Å². The first-order valence-corrected chi connectivity index (χ1v) is 9.10. The number of nitrogens with zero attached hydrogens (tertiary/aromatic N) is 2. The number of rotatable bonds is 4. The molecule has 3 rings (SSSR count). The van der Waals surface area contributed by atoms with Crippen LogP contribution in [0.15, 0.2) is 50.7 Å². The Labute approximate surface area is 168 Å². The number of hydrogen-bond acceptors (Lipinski definition) is 3. The van der Waals surface area contributed by atoms with Gasteiger partial charge in [-0.1, -0.05) is 39.1 Å². The number of aliphatic imine (C=N–C) groups is 1. The molecule has 0 spiro atoms. The zero-order valence-corrected chi connectivity index (χ0v) is 17.0. The van der Waals surface area contributed by atoms with Gasteiger partial charge in [0.1, 0.15) is 5.75 Å². The lowest BCUT2D eigenvalue weighted by molar-refractivity contribution is 0.414. The highest BCUT2D eigenvalue weighted by Gasteiger charge is 2.12. The van der Waals surface area contributed by atoms with E-state index in [0.29, 0.717) is 38.4 Å². The van der Waals surface area contributed by atoms with Crippen LogP contribution in [0.5, 0.6) is 5.75 Å². The van der Waals surface area contributed by atoms with E-state index >= 15 is 0 Å². The van der Waals surface area contributed by atoms with Gasteiger partial charge in [0.25, 0.3) is 5.56 Å². The molecule has 8 heteroatoms. The van der Waals surface area contributed by atoms with E-state index in [1.165, 1.54) is 18.0 Å². The Morgan fingerprint density at radius 1 is 1.19 bits per heavy atom. The normalized spacial score (nSPS) is 11.3. The molecule has 0 aliphatic rings. The summed E-state index contributed by atoms with van der Waals surface area (Å²) in [5, 5.41) is 4.00. The highest BCUT2D eigenvalue weighted by Crippen LogP contribution is 2.28. The van der Waals surface area contributed by atoms with Crippen molar-refractivity contribution in [2.75, 3.05) is 7.11 Å². The molecule has 0 saturated carbocycles. The Morgan fingerprint density at radius 2 is 1.96 bits per heavy atom. The summed E-state index contributed by atoms with van der Waals surface area (Å²) in [4.78, 5) is 17.1. The summed E-state index contributed by atoms with van der Waals surface area (Å²) < 4.78 is 7.48. The van der Waals surface area contributed by atoms with Gasteiger partial charge in [0.05, 0.1) is 34.1 Å². The molecule has 0 unspecified atom stereocenters. The van der Waals surface area contributed by atoms with Crippen molar-refractivity contribution in [1.29, 1.82) is 0 Å². The third-order valence-corrected chi connectivity index (χ3v) is 4.86. The molecular weight excluding hydrogens is 441 g/mol. The Balaban J connectivity index is 2.01. The maximum absolute atomic E-state index is 12.8. The van der Waals surface area contributed by atoms with Crippen LogP contribution in [0.4, 0.5) is 5.69 Å². The van der Waals surface area contributed by atoms with Gasteiger partial charge >= 0.3 is 0 Å². The largest absolute Gasteiger partial charge is 0.495 e. The Bertz CT molecular complexity index is 1060. The smallest absolute Gasteiger partial charge is 0.280 e. The minimum Gasteiger partial charge on any atom is -0.495 e. The van der Waals surface area contributed by atoms with Gasteiger partial charge < -0.3 is 4.74 Å². The number of halogens is 3. The molecule has 0 aliphatic heterocycles. The summed E-state index contributed by atoms with van der Waals surface area (Å²) in [6, 6.07) is 10.4. The molecule has 0 fully saturated rings. The van der Waals surface area contributed by atoms with Crippen molar-refractivity contribution in [3.8, 4) is 11.4 Å². The number of nitrogens with one attached hydrogen (secondary N) is 1. The number of aromatic nitrogens is 2. The van der Waals surface area contributed by atoms with E-state index in [9.17, 15) is 4.79 Å². The fourth-order valence-corrected chi connectivity index (χ4v) is 3.32. The van der Waals surface area contributed by atoms with Crippen molar-refractivity contribution >= 4 is 51.0 Å². The van der Waals surface area contributed by atoms with E-state index in [2.05, 4.69) is 26.0 Å². The van der Waals surface area contributed by atoms with Gasteiger partial charge in [-0.3, -0.25) is 14.9 Å². The standard InChI is InChI=1S/C18H14BrCl2N3O2/c1-10-13(9-22-16-6-3-11(19)7-15(16)21)18(25)24(23-10)12-4-5-14(20)17(8-12)26-2/h3-9,23H,1-2H3. The van der Waals surface area contributed by atoms with Gasteiger partial charge in [-0.25, -0.2) is 4.68 Å².